The molecule has 0 radical (unpaired) electrons. The maximum absolute atomic E-state index is 12.0. The fraction of sp³-hybridized carbons (Fsp3) is 0.562. The standard InChI is InChI=1S/C16H23BrN2O/c1-12(14-5-7-15(17)8-6-14)19-16(20)9-4-13-3-2-10-18-11-13/h5-8,12-13,18H,2-4,9-11H2,1H3,(H,19,20). The molecule has 1 heterocycles. The second kappa shape index (κ2) is 7.79. The first-order valence-corrected chi connectivity index (χ1v) is 8.20. The Bertz CT molecular complexity index is 427. The van der Waals surface area contributed by atoms with Crippen molar-refractivity contribution < 1.29 is 4.79 Å². The Kier molecular flexibility index (Phi) is 6.05. The van der Waals surface area contributed by atoms with Crippen molar-refractivity contribution in [3.05, 3.63) is 34.3 Å². The van der Waals surface area contributed by atoms with Gasteiger partial charge in [-0.05, 0) is 62.9 Å². The first-order valence-electron chi connectivity index (χ1n) is 7.40. The predicted octanol–water partition coefficient (Wildman–Crippen LogP) is 3.41. The summed E-state index contributed by atoms with van der Waals surface area (Å²) in [5.41, 5.74) is 1.14. The van der Waals surface area contributed by atoms with E-state index in [0.29, 0.717) is 12.3 Å². The highest BCUT2D eigenvalue weighted by Gasteiger charge is 2.15. The molecule has 3 nitrogen and oxygen atoms in total. The Morgan fingerprint density at radius 1 is 1.45 bits per heavy atom. The van der Waals surface area contributed by atoms with E-state index in [0.717, 1.165) is 29.5 Å². The minimum atomic E-state index is 0.0695. The number of carbonyl (C=O) groups is 1. The molecular weight excluding hydrogens is 316 g/mol. The van der Waals surface area contributed by atoms with Crippen molar-refractivity contribution >= 4 is 21.8 Å². The van der Waals surface area contributed by atoms with E-state index in [1.54, 1.807) is 0 Å². The van der Waals surface area contributed by atoms with Gasteiger partial charge in [0.05, 0.1) is 6.04 Å². The molecule has 1 saturated heterocycles. The van der Waals surface area contributed by atoms with Crippen LogP contribution in [0.1, 0.15) is 44.2 Å². The number of benzene rings is 1. The van der Waals surface area contributed by atoms with E-state index in [4.69, 9.17) is 0 Å². The zero-order valence-electron chi connectivity index (χ0n) is 12.0. The Hall–Kier alpha value is -0.870. The molecule has 2 N–H and O–H groups in total. The lowest BCUT2D eigenvalue weighted by Crippen LogP contribution is -2.31. The van der Waals surface area contributed by atoms with Crippen LogP contribution in [0.15, 0.2) is 28.7 Å². The number of hydrogen-bond donors (Lipinski definition) is 2. The van der Waals surface area contributed by atoms with E-state index in [9.17, 15) is 4.79 Å². The van der Waals surface area contributed by atoms with Crippen molar-refractivity contribution in [2.75, 3.05) is 13.1 Å². The molecule has 1 aromatic carbocycles. The first kappa shape index (κ1) is 15.5. The Labute approximate surface area is 129 Å². The summed E-state index contributed by atoms with van der Waals surface area (Å²) in [6, 6.07) is 8.16. The van der Waals surface area contributed by atoms with Gasteiger partial charge in [-0.2, -0.15) is 0 Å². The molecule has 0 aliphatic carbocycles. The molecule has 0 spiro atoms. The third-order valence-corrected chi connectivity index (χ3v) is 4.45. The van der Waals surface area contributed by atoms with Crippen LogP contribution in [-0.4, -0.2) is 19.0 Å². The van der Waals surface area contributed by atoms with Crippen molar-refractivity contribution in [3.63, 3.8) is 0 Å². The summed E-state index contributed by atoms with van der Waals surface area (Å²) in [7, 11) is 0. The number of piperidine rings is 1. The number of rotatable bonds is 5. The van der Waals surface area contributed by atoms with Gasteiger partial charge in [0.1, 0.15) is 0 Å². The lowest BCUT2D eigenvalue weighted by Gasteiger charge is -2.22. The van der Waals surface area contributed by atoms with E-state index < -0.39 is 0 Å². The van der Waals surface area contributed by atoms with Gasteiger partial charge in [-0.25, -0.2) is 0 Å². The molecule has 0 bridgehead atoms. The van der Waals surface area contributed by atoms with Crippen LogP contribution in [0, 0.1) is 5.92 Å². The highest BCUT2D eigenvalue weighted by molar-refractivity contribution is 9.10. The summed E-state index contributed by atoms with van der Waals surface area (Å²) in [6.07, 6.45) is 4.11. The topological polar surface area (TPSA) is 41.1 Å². The Balaban J connectivity index is 1.74. The smallest absolute Gasteiger partial charge is 0.220 e. The zero-order valence-corrected chi connectivity index (χ0v) is 13.6. The molecule has 2 rings (SSSR count). The van der Waals surface area contributed by atoms with E-state index in [1.807, 2.05) is 31.2 Å². The molecule has 4 heteroatoms. The van der Waals surface area contributed by atoms with E-state index in [2.05, 4.69) is 26.6 Å². The molecule has 0 aromatic heterocycles. The molecule has 0 saturated carbocycles. The second-order valence-electron chi connectivity index (χ2n) is 5.59. The van der Waals surface area contributed by atoms with Crippen molar-refractivity contribution in [3.8, 4) is 0 Å². The summed E-state index contributed by atoms with van der Waals surface area (Å²) in [5.74, 6) is 0.823. The van der Waals surface area contributed by atoms with Crippen LogP contribution in [0.4, 0.5) is 0 Å². The fourth-order valence-electron chi connectivity index (χ4n) is 2.65. The summed E-state index contributed by atoms with van der Waals surface area (Å²) in [6.45, 7) is 4.22. The lowest BCUT2D eigenvalue weighted by atomic mass is 9.94. The molecular formula is C16H23BrN2O. The minimum Gasteiger partial charge on any atom is -0.350 e. The van der Waals surface area contributed by atoms with Gasteiger partial charge in [0.15, 0.2) is 0 Å². The van der Waals surface area contributed by atoms with Gasteiger partial charge in [0, 0.05) is 10.9 Å². The van der Waals surface area contributed by atoms with Crippen LogP contribution in [-0.2, 0) is 4.79 Å². The van der Waals surface area contributed by atoms with Crippen LogP contribution in [0.5, 0.6) is 0 Å². The van der Waals surface area contributed by atoms with Crippen LogP contribution < -0.4 is 10.6 Å². The zero-order chi connectivity index (χ0) is 14.4. The number of carbonyl (C=O) groups excluding carboxylic acids is 1. The maximum atomic E-state index is 12.0. The molecule has 2 atom stereocenters. The quantitative estimate of drug-likeness (QED) is 0.863. The number of halogens is 1. The Morgan fingerprint density at radius 2 is 2.20 bits per heavy atom. The molecule has 2 unspecified atom stereocenters. The minimum absolute atomic E-state index is 0.0695. The van der Waals surface area contributed by atoms with Gasteiger partial charge in [-0.15, -0.1) is 0 Å². The van der Waals surface area contributed by atoms with Gasteiger partial charge >= 0.3 is 0 Å². The monoisotopic (exact) mass is 338 g/mol. The summed E-state index contributed by atoms with van der Waals surface area (Å²) in [4.78, 5) is 12.0. The molecule has 1 fully saturated rings. The van der Waals surface area contributed by atoms with Gasteiger partial charge in [-0.1, -0.05) is 28.1 Å². The number of nitrogens with one attached hydrogen (secondary N) is 2. The molecule has 110 valence electrons. The maximum Gasteiger partial charge on any atom is 0.220 e. The van der Waals surface area contributed by atoms with Gasteiger partial charge in [-0.3, -0.25) is 4.79 Å². The molecule has 1 aliphatic heterocycles. The van der Waals surface area contributed by atoms with Crippen LogP contribution in [0.2, 0.25) is 0 Å². The van der Waals surface area contributed by atoms with Crippen molar-refractivity contribution in [2.24, 2.45) is 5.92 Å². The molecule has 1 aromatic rings. The Morgan fingerprint density at radius 3 is 2.85 bits per heavy atom. The van der Waals surface area contributed by atoms with Gasteiger partial charge in [0.2, 0.25) is 5.91 Å². The van der Waals surface area contributed by atoms with Crippen LogP contribution in [0.25, 0.3) is 0 Å². The van der Waals surface area contributed by atoms with Gasteiger partial charge in [0.25, 0.3) is 0 Å². The lowest BCUT2D eigenvalue weighted by molar-refractivity contribution is -0.122. The van der Waals surface area contributed by atoms with E-state index in [1.165, 1.54) is 12.8 Å². The number of hydrogen-bond acceptors (Lipinski definition) is 2. The third kappa shape index (κ3) is 4.91. The van der Waals surface area contributed by atoms with Crippen molar-refractivity contribution in [1.82, 2.24) is 10.6 Å². The predicted molar refractivity (Wildman–Crippen MR) is 85.5 cm³/mol. The summed E-state index contributed by atoms with van der Waals surface area (Å²) < 4.78 is 1.06. The average molecular weight is 339 g/mol. The molecule has 1 amide bonds. The van der Waals surface area contributed by atoms with Crippen LogP contribution >= 0.6 is 15.9 Å². The second-order valence-corrected chi connectivity index (χ2v) is 6.51. The average Bonchev–Trinajstić information content (AvgIpc) is 2.47. The van der Waals surface area contributed by atoms with Crippen molar-refractivity contribution in [2.45, 2.75) is 38.6 Å². The molecule has 1 aliphatic rings. The normalized spacial score (nSPS) is 20.4. The SMILES string of the molecule is CC(NC(=O)CCC1CCCNC1)c1ccc(Br)cc1. The summed E-state index contributed by atoms with van der Waals surface area (Å²) in [5, 5.41) is 6.47. The highest BCUT2D eigenvalue weighted by atomic mass is 79.9. The summed E-state index contributed by atoms with van der Waals surface area (Å²) >= 11 is 3.42. The van der Waals surface area contributed by atoms with E-state index >= 15 is 0 Å². The highest BCUT2D eigenvalue weighted by Crippen LogP contribution is 2.18. The van der Waals surface area contributed by atoms with E-state index in [-0.39, 0.29) is 11.9 Å². The third-order valence-electron chi connectivity index (χ3n) is 3.93. The fourth-order valence-corrected chi connectivity index (χ4v) is 2.92. The first-order chi connectivity index (χ1) is 9.65. The largest absolute Gasteiger partial charge is 0.350 e. The van der Waals surface area contributed by atoms with Gasteiger partial charge < -0.3 is 10.6 Å². The van der Waals surface area contributed by atoms with Crippen LogP contribution in [0.3, 0.4) is 0 Å². The number of amides is 1. The molecule has 20 heavy (non-hydrogen) atoms. The van der Waals surface area contributed by atoms with Crippen molar-refractivity contribution in [1.29, 1.82) is 0 Å².